The van der Waals surface area contributed by atoms with Crippen LogP contribution in [0.3, 0.4) is 0 Å². The first-order valence-corrected chi connectivity index (χ1v) is 13.4. The van der Waals surface area contributed by atoms with E-state index in [4.69, 9.17) is 0 Å². The fourth-order valence-corrected chi connectivity index (χ4v) is 6.45. The third-order valence-corrected chi connectivity index (χ3v) is 8.67. The minimum Gasteiger partial charge on any atom is -0.251 e. The zero-order valence-electron chi connectivity index (χ0n) is 11.5. The van der Waals surface area contributed by atoms with Crippen LogP contribution in [-0.4, -0.2) is 51.6 Å². The fraction of sp³-hybridized carbons (Fsp3) is 0.833. The molecule has 19 heteroatoms. The van der Waals surface area contributed by atoms with E-state index in [9.17, 15) is 64.8 Å². The molecule has 0 N–H and O–H groups in total. The average molecular weight is 568 g/mol. The minimum atomic E-state index is -8.02. The van der Waals surface area contributed by atoms with Crippen LogP contribution in [-0.2, 0) is 29.5 Å². The van der Waals surface area contributed by atoms with Crippen LogP contribution in [0.25, 0.3) is 0 Å². The highest BCUT2D eigenvalue weighted by Crippen LogP contribution is 2.47. The Labute approximate surface area is 145 Å². The molecule has 6 nitrogen and oxygen atoms in total. The molecule has 154 valence electrons. The van der Waals surface area contributed by atoms with Crippen LogP contribution in [0.4, 0.5) is 39.5 Å². The molecular formula is C6H6F9IO6S3. The smallest absolute Gasteiger partial charge is 0.251 e. The van der Waals surface area contributed by atoms with Crippen LogP contribution in [0.1, 0.15) is 0 Å². The lowest BCUT2D eigenvalue weighted by Crippen LogP contribution is -3.59. The predicted molar refractivity (Wildman–Crippen MR) is 60.0 cm³/mol. The van der Waals surface area contributed by atoms with E-state index < -0.39 is 50.0 Å². The van der Waals surface area contributed by atoms with Crippen molar-refractivity contribution in [3.8, 4) is 0 Å². The normalized spacial score (nSPS) is 14.9. The van der Waals surface area contributed by atoms with Gasteiger partial charge in [0.15, 0.2) is 29.5 Å². The maximum absolute atomic E-state index is 12.0. The Morgan fingerprint density at radius 3 is 0.760 bits per heavy atom. The van der Waals surface area contributed by atoms with Crippen molar-refractivity contribution in [1.29, 1.82) is 0 Å². The highest BCUT2D eigenvalue weighted by Gasteiger charge is 2.63. The number of halogens is 10. The van der Waals surface area contributed by atoms with E-state index in [0.29, 0.717) is 21.2 Å². The Kier molecular flexibility index (Phi) is 8.59. The van der Waals surface area contributed by atoms with E-state index in [0.717, 1.165) is 0 Å². The number of hydrogen-bond acceptors (Lipinski definition) is 6. The van der Waals surface area contributed by atoms with E-state index in [2.05, 4.69) is 9.86 Å². The molecule has 0 bridgehead atoms. The summed E-state index contributed by atoms with van der Waals surface area (Å²) in [4.78, 5) is 4.47. The third-order valence-electron chi connectivity index (χ3n) is 1.57. The lowest BCUT2D eigenvalue weighted by Gasteiger charge is -2.31. The van der Waals surface area contributed by atoms with Crippen molar-refractivity contribution < 1.29 is 86.0 Å². The van der Waals surface area contributed by atoms with Gasteiger partial charge in [-0.25, -0.2) is 0 Å². The first-order valence-electron chi connectivity index (χ1n) is 4.68. The second kappa shape index (κ2) is 7.90. The van der Waals surface area contributed by atoms with E-state index in [1.54, 1.807) is 0 Å². The monoisotopic (exact) mass is 568 g/mol. The van der Waals surface area contributed by atoms with Crippen molar-refractivity contribution in [2.24, 2.45) is 0 Å². The van der Waals surface area contributed by atoms with Gasteiger partial charge in [-0.1, -0.05) is 0 Å². The van der Waals surface area contributed by atoms with Crippen LogP contribution < -0.4 is 21.2 Å². The maximum Gasteiger partial charge on any atom is 0.470 e. The fourth-order valence-electron chi connectivity index (χ4n) is 0.717. The van der Waals surface area contributed by atoms with Gasteiger partial charge in [-0.2, -0.15) is 39.5 Å². The van der Waals surface area contributed by atoms with Crippen molar-refractivity contribution in [2.75, 3.05) is 9.86 Å². The minimum absolute atomic E-state index is 0.590. The highest BCUT2D eigenvalue weighted by molar-refractivity contribution is 8.29. The predicted octanol–water partition coefficient (Wildman–Crippen LogP) is -1.43. The van der Waals surface area contributed by atoms with Crippen molar-refractivity contribution in [1.82, 2.24) is 0 Å². The summed E-state index contributed by atoms with van der Waals surface area (Å²) in [7, 11) is -24.1. The molecule has 0 atom stereocenters. The van der Waals surface area contributed by atoms with Gasteiger partial charge in [0, 0.05) is 0 Å². The third kappa shape index (κ3) is 5.71. The first-order chi connectivity index (χ1) is 10.5. The van der Waals surface area contributed by atoms with Crippen molar-refractivity contribution in [3.63, 3.8) is 0 Å². The van der Waals surface area contributed by atoms with Crippen LogP contribution in [0, 0.1) is 3.91 Å². The maximum atomic E-state index is 12.0. The molecule has 0 aliphatic rings. The van der Waals surface area contributed by atoms with Gasteiger partial charge in [0.2, 0.25) is 0 Å². The molecule has 0 aromatic carbocycles. The second-order valence-corrected chi connectivity index (χ2v) is 12.0. The summed E-state index contributed by atoms with van der Waals surface area (Å²) in [5.74, 6) is 0. The molecule has 0 aromatic heterocycles. The molecule has 0 aliphatic carbocycles. The summed E-state index contributed by atoms with van der Waals surface area (Å²) in [5, 5.41) is 0. The summed E-state index contributed by atoms with van der Waals surface area (Å²) >= 11 is 0.590. The van der Waals surface area contributed by atoms with Gasteiger partial charge in [0.1, 0.15) is 9.86 Å². The molecule has 0 rings (SSSR count). The Hall–Kier alpha value is -0.0500. The van der Waals surface area contributed by atoms with E-state index in [1.165, 1.54) is 0 Å². The lowest BCUT2D eigenvalue weighted by atomic mass is 11.5. The van der Waals surface area contributed by atoms with Crippen molar-refractivity contribution in [2.45, 2.75) is 16.5 Å². The van der Waals surface area contributed by atoms with Gasteiger partial charge in [-0.05, 0) is 0 Å². The summed E-state index contributed by atoms with van der Waals surface area (Å²) in [6, 6.07) is 0. The van der Waals surface area contributed by atoms with Crippen LogP contribution >= 0.6 is 0 Å². The van der Waals surface area contributed by atoms with Gasteiger partial charge < -0.3 is 0 Å². The molecule has 0 radical (unpaired) electrons. The van der Waals surface area contributed by atoms with Crippen molar-refractivity contribution >= 4 is 29.5 Å². The summed E-state index contributed by atoms with van der Waals surface area (Å²) in [5.41, 5.74) is -21.2. The molecule has 0 heterocycles. The Bertz CT molecular complexity index is 654. The second-order valence-electron chi connectivity index (χ2n) is 3.48. The topological polar surface area (TPSA) is 102 Å². The number of rotatable bonds is 3. The number of sulfone groups is 3. The lowest BCUT2D eigenvalue weighted by molar-refractivity contribution is -0.597. The quantitative estimate of drug-likeness (QED) is 0.179. The highest BCUT2D eigenvalue weighted by atomic mass is 127. The Morgan fingerprint density at radius 1 is 0.560 bits per heavy atom. The SMILES string of the molecule is C[I+]C.O=S(=O)([C-](S(=O)(=O)C(F)(F)F)S(=O)(=O)C(F)(F)F)C(F)(F)F. The first kappa shape index (κ1) is 27.2. The van der Waals surface area contributed by atoms with E-state index in [1.807, 2.05) is 0 Å². The molecule has 0 spiro atoms. The van der Waals surface area contributed by atoms with Gasteiger partial charge >= 0.3 is 16.5 Å². The van der Waals surface area contributed by atoms with Crippen LogP contribution in [0.2, 0.25) is 0 Å². The molecule has 0 fully saturated rings. The molecule has 0 aliphatic heterocycles. The van der Waals surface area contributed by atoms with E-state index >= 15 is 0 Å². The van der Waals surface area contributed by atoms with Gasteiger partial charge in [0.25, 0.3) is 21.2 Å². The van der Waals surface area contributed by atoms with Gasteiger partial charge in [-0.15, -0.1) is 0 Å². The molecular weight excluding hydrogens is 562 g/mol. The Morgan fingerprint density at radius 2 is 0.680 bits per heavy atom. The summed E-state index contributed by atoms with van der Waals surface area (Å²) < 4.78 is 167. The van der Waals surface area contributed by atoms with Crippen molar-refractivity contribution in [3.05, 3.63) is 3.91 Å². The van der Waals surface area contributed by atoms with Crippen LogP contribution in [0.15, 0.2) is 0 Å². The number of hydrogen-bond donors (Lipinski definition) is 0. The molecule has 0 saturated carbocycles. The average Bonchev–Trinajstić information content (AvgIpc) is 2.23. The van der Waals surface area contributed by atoms with Gasteiger partial charge in [-0.3, -0.25) is 25.3 Å². The largest absolute Gasteiger partial charge is 0.470 e. The van der Waals surface area contributed by atoms with E-state index in [-0.39, 0.29) is 0 Å². The molecule has 0 unspecified atom stereocenters. The number of alkyl halides is 11. The van der Waals surface area contributed by atoms with Gasteiger partial charge in [0.05, 0.1) is 3.91 Å². The van der Waals surface area contributed by atoms with Crippen LogP contribution in [0.5, 0.6) is 0 Å². The zero-order valence-corrected chi connectivity index (χ0v) is 16.1. The standard InChI is InChI=1S/C4F9O6S3.C2H6I/c5-2(6,7)20(14,15)1(21(16,17)3(8,9)10)22(18,19)4(11,12)13;1-3-2/h;1-2H3/q-1;+1. The molecule has 0 aromatic rings. The zero-order chi connectivity index (χ0) is 21.3. The Balaban J connectivity index is 0. The summed E-state index contributed by atoms with van der Waals surface area (Å²) in [6.07, 6.45) is 0. The summed E-state index contributed by atoms with van der Waals surface area (Å²) in [6.45, 7) is 0. The molecule has 0 amide bonds. The molecule has 0 saturated heterocycles. The molecule has 25 heavy (non-hydrogen) atoms.